The highest BCUT2D eigenvalue weighted by atomic mass is 16.5. The molecule has 1 aromatic heterocycles. The molecule has 5 heteroatoms. The van der Waals surface area contributed by atoms with E-state index in [1.807, 2.05) is 0 Å². The van der Waals surface area contributed by atoms with E-state index in [0.717, 1.165) is 0 Å². The topological polar surface area (TPSA) is 81.0 Å². The number of anilines is 1. The minimum atomic E-state index is -0.245. The summed E-state index contributed by atoms with van der Waals surface area (Å²) in [6, 6.07) is 0. The lowest BCUT2D eigenvalue weighted by molar-refractivity contribution is -0.137. The third-order valence-electron chi connectivity index (χ3n) is 0.807. The van der Waals surface area contributed by atoms with Gasteiger partial charge in [-0.25, -0.2) is 0 Å². The predicted octanol–water partition coefficient (Wildman–Crippen LogP) is 0.171. The van der Waals surface area contributed by atoms with Crippen LogP contribution in [0, 0.1) is 0 Å². The summed E-state index contributed by atoms with van der Waals surface area (Å²) < 4.78 is 4.11. The van der Waals surface area contributed by atoms with E-state index in [2.05, 4.69) is 14.9 Å². The summed E-state index contributed by atoms with van der Waals surface area (Å²) in [5.41, 5.74) is 5.86. The van der Waals surface area contributed by atoms with Gasteiger partial charge in [0.2, 0.25) is 0 Å². The maximum absolute atomic E-state index is 9.59. The molecule has 62 valence electrons. The Morgan fingerprint density at radius 2 is 2.36 bits per heavy atom. The van der Waals surface area contributed by atoms with Gasteiger partial charge in [0.15, 0.2) is 0 Å². The average molecular weight is 157 g/mol. The molecule has 0 aliphatic carbocycles. The van der Waals surface area contributed by atoms with E-state index in [9.17, 15) is 4.79 Å². The molecular formula is C6H11N3O2. The molecule has 0 aliphatic rings. The zero-order valence-corrected chi connectivity index (χ0v) is 6.50. The second-order valence-electron chi connectivity index (χ2n) is 1.73. The maximum atomic E-state index is 9.59. The van der Waals surface area contributed by atoms with Crippen LogP contribution >= 0.6 is 0 Å². The van der Waals surface area contributed by atoms with Crippen LogP contribution in [0.3, 0.4) is 0 Å². The van der Waals surface area contributed by atoms with Gasteiger partial charge in [-0.15, -0.1) is 0 Å². The molecule has 0 bridgehead atoms. The summed E-state index contributed by atoms with van der Waals surface area (Å²) in [6.45, 7) is 1.36. The highest BCUT2D eigenvalue weighted by molar-refractivity contribution is 5.65. The van der Waals surface area contributed by atoms with Gasteiger partial charge in [-0.2, -0.15) is 5.10 Å². The van der Waals surface area contributed by atoms with Crippen LogP contribution in [0.15, 0.2) is 12.4 Å². The number of nitrogens with zero attached hydrogens (tertiary/aromatic N) is 1. The molecule has 0 unspecified atom stereocenters. The number of hydrogen-bond acceptors (Lipinski definition) is 4. The minimum Gasteiger partial charge on any atom is -0.469 e. The first-order chi connectivity index (χ1) is 5.16. The van der Waals surface area contributed by atoms with Gasteiger partial charge >= 0.3 is 5.97 Å². The molecule has 0 aliphatic heterocycles. The summed E-state index contributed by atoms with van der Waals surface area (Å²) in [6.07, 6.45) is 3.18. The number of rotatable bonds is 0. The van der Waals surface area contributed by atoms with E-state index < -0.39 is 0 Å². The lowest BCUT2D eigenvalue weighted by atomic mass is 10.6. The molecule has 0 aromatic carbocycles. The molecule has 0 saturated heterocycles. The summed E-state index contributed by atoms with van der Waals surface area (Å²) in [7, 11) is 1.35. The van der Waals surface area contributed by atoms with Crippen molar-refractivity contribution < 1.29 is 9.53 Å². The zero-order valence-electron chi connectivity index (χ0n) is 6.50. The lowest BCUT2D eigenvalue weighted by Gasteiger charge is -1.80. The van der Waals surface area contributed by atoms with E-state index in [1.54, 1.807) is 12.4 Å². The van der Waals surface area contributed by atoms with Crippen molar-refractivity contribution in [1.29, 1.82) is 0 Å². The molecule has 0 amide bonds. The Kier molecular flexibility index (Phi) is 4.55. The van der Waals surface area contributed by atoms with E-state index in [4.69, 9.17) is 5.73 Å². The molecule has 1 aromatic rings. The van der Waals surface area contributed by atoms with Crippen molar-refractivity contribution in [3.05, 3.63) is 12.4 Å². The van der Waals surface area contributed by atoms with Crippen molar-refractivity contribution in [2.24, 2.45) is 0 Å². The smallest absolute Gasteiger partial charge is 0.302 e. The SMILES string of the molecule is COC(C)=O.Nc1cn[nH]c1. The average Bonchev–Trinajstić information content (AvgIpc) is 2.41. The molecule has 0 radical (unpaired) electrons. The van der Waals surface area contributed by atoms with Crippen molar-refractivity contribution in [3.63, 3.8) is 0 Å². The van der Waals surface area contributed by atoms with Crippen LogP contribution in [-0.2, 0) is 9.53 Å². The van der Waals surface area contributed by atoms with Gasteiger partial charge in [0, 0.05) is 13.1 Å². The number of aromatic nitrogens is 2. The second kappa shape index (κ2) is 5.28. The fourth-order valence-corrected chi connectivity index (χ4v) is 0.261. The fraction of sp³-hybridized carbons (Fsp3) is 0.333. The largest absolute Gasteiger partial charge is 0.469 e. The molecule has 11 heavy (non-hydrogen) atoms. The van der Waals surface area contributed by atoms with Crippen LogP contribution in [0.1, 0.15) is 6.92 Å². The molecule has 1 heterocycles. The fourth-order valence-electron chi connectivity index (χ4n) is 0.261. The van der Waals surface area contributed by atoms with Gasteiger partial charge in [0.05, 0.1) is 19.0 Å². The highest BCUT2D eigenvalue weighted by Gasteiger charge is 1.75. The molecule has 0 atom stereocenters. The molecule has 1 rings (SSSR count). The Morgan fingerprint density at radius 3 is 2.45 bits per heavy atom. The number of carbonyl (C=O) groups is 1. The number of ether oxygens (including phenoxy) is 1. The van der Waals surface area contributed by atoms with Crippen LogP contribution in [0.25, 0.3) is 0 Å². The van der Waals surface area contributed by atoms with Crippen molar-refractivity contribution in [3.8, 4) is 0 Å². The monoisotopic (exact) mass is 157 g/mol. The predicted molar refractivity (Wildman–Crippen MR) is 40.7 cm³/mol. The Hall–Kier alpha value is -1.52. The van der Waals surface area contributed by atoms with Gasteiger partial charge in [-0.3, -0.25) is 9.89 Å². The lowest BCUT2D eigenvalue weighted by Crippen LogP contribution is -1.88. The van der Waals surface area contributed by atoms with Crippen LogP contribution in [0.5, 0.6) is 0 Å². The third-order valence-corrected chi connectivity index (χ3v) is 0.807. The van der Waals surface area contributed by atoms with Crippen molar-refractivity contribution in [2.75, 3.05) is 12.8 Å². The van der Waals surface area contributed by atoms with Crippen LogP contribution < -0.4 is 5.73 Å². The van der Waals surface area contributed by atoms with E-state index >= 15 is 0 Å². The molecule has 3 N–H and O–H groups in total. The number of aromatic amines is 1. The first-order valence-electron chi connectivity index (χ1n) is 2.95. The standard InChI is InChI=1S/C3H5N3.C3H6O2/c4-3-1-5-6-2-3;1-3(4)5-2/h1-2H,4H2,(H,5,6);1-2H3. The first-order valence-corrected chi connectivity index (χ1v) is 2.95. The number of nitrogen functional groups attached to an aromatic ring is 1. The molecule has 0 spiro atoms. The number of carbonyl (C=O) groups excluding carboxylic acids is 1. The van der Waals surface area contributed by atoms with Gasteiger partial charge in [0.1, 0.15) is 0 Å². The van der Waals surface area contributed by atoms with Gasteiger partial charge in [0.25, 0.3) is 0 Å². The van der Waals surface area contributed by atoms with Gasteiger partial charge in [-0.05, 0) is 0 Å². The molecule has 5 nitrogen and oxygen atoms in total. The number of nitrogens with one attached hydrogen (secondary N) is 1. The van der Waals surface area contributed by atoms with Crippen molar-refractivity contribution in [2.45, 2.75) is 6.92 Å². The normalized spacial score (nSPS) is 7.82. The summed E-state index contributed by atoms with van der Waals surface area (Å²) in [4.78, 5) is 9.59. The van der Waals surface area contributed by atoms with Crippen LogP contribution in [0.4, 0.5) is 5.69 Å². The second-order valence-corrected chi connectivity index (χ2v) is 1.73. The zero-order chi connectivity index (χ0) is 8.69. The Labute approximate surface area is 64.5 Å². The van der Waals surface area contributed by atoms with E-state index in [0.29, 0.717) is 5.69 Å². The van der Waals surface area contributed by atoms with Crippen molar-refractivity contribution >= 4 is 11.7 Å². The Balaban J connectivity index is 0.000000187. The van der Waals surface area contributed by atoms with Gasteiger partial charge < -0.3 is 10.5 Å². The summed E-state index contributed by atoms with van der Waals surface area (Å²) in [5, 5.41) is 6.13. The number of nitrogens with two attached hydrogens (primary N) is 1. The quantitative estimate of drug-likeness (QED) is 0.526. The van der Waals surface area contributed by atoms with E-state index in [-0.39, 0.29) is 5.97 Å². The number of methoxy groups -OCH3 is 1. The molecule has 0 saturated carbocycles. The van der Waals surface area contributed by atoms with Crippen LogP contribution in [-0.4, -0.2) is 23.3 Å². The Morgan fingerprint density at radius 1 is 1.82 bits per heavy atom. The minimum absolute atomic E-state index is 0.245. The van der Waals surface area contributed by atoms with Gasteiger partial charge in [-0.1, -0.05) is 0 Å². The first kappa shape index (κ1) is 9.48. The number of esters is 1. The summed E-state index contributed by atoms with van der Waals surface area (Å²) >= 11 is 0. The van der Waals surface area contributed by atoms with Crippen LogP contribution in [0.2, 0.25) is 0 Å². The molecular weight excluding hydrogens is 146 g/mol. The van der Waals surface area contributed by atoms with Crippen molar-refractivity contribution in [1.82, 2.24) is 10.2 Å². The summed E-state index contributed by atoms with van der Waals surface area (Å²) in [5.74, 6) is -0.245. The Bertz CT molecular complexity index is 196. The highest BCUT2D eigenvalue weighted by Crippen LogP contribution is 1.88. The maximum Gasteiger partial charge on any atom is 0.302 e. The third kappa shape index (κ3) is 6.36. The molecule has 0 fully saturated rings. The van der Waals surface area contributed by atoms with E-state index in [1.165, 1.54) is 14.0 Å². The number of hydrogen-bond donors (Lipinski definition) is 2. The number of H-pyrrole nitrogens is 1.